The van der Waals surface area contributed by atoms with Crippen LogP contribution >= 0.6 is 0 Å². The summed E-state index contributed by atoms with van der Waals surface area (Å²) in [4.78, 5) is 0. The Bertz CT molecular complexity index is 157. The number of rotatable bonds is 11. The highest BCUT2D eigenvalue weighted by Crippen LogP contribution is 2.31. The number of hydrogen-bond donors (Lipinski definition) is 0. The standard InChI is InChI=1S/C17H36/c1-6-8-10-11-12-16(3)13-15-17(4,5)14-9-7-2/h16H,6-15H2,1-5H3. The molecule has 1 unspecified atom stereocenters. The van der Waals surface area contributed by atoms with Crippen LogP contribution in [0.25, 0.3) is 0 Å². The van der Waals surface area contributed by atoms with Crippen molar-refractivity contribution in [2.75, 3.05) is 0 Å². The van der Waals surface area contributed by atoms with Gasteiger partial charge in [0.2, 0.25) is 0 Å². The van der Waals surface area contributed by atoms with E-state index in [2.05, 4.69) is 34.6 Å². The van der Waals surface area contributed by atoms with Crippen molar-refractivity contribution in [1.82, 2.24) is 0 Å². The number of unbranched alkanes of at least 4 members (excludes halogenated alkanes) is 4. The maximum atomic E-state index is 2.45. The third kappa shape index (κ3) is 10.9. The minimum atomic E-state index is 0.577. The molecule has 0 aliphatic heterocycles. The van der Waals surface area contributed by atoms with Gasteiger partial charge in [0.15, 0.2) is 0 Å². The van der Waals surface area contributed by atoms with Crippen LogP contribution in [-0.2, 0) is 0 Å². The average molecular weight is 240 g/mol. The molecule has 0 aliphatic carbocycles. The summed E-state index contributed by atoms with van der Waals surface area (Å²) >= 11 is 0. The van der Waals surface area contributed by atoms with E-state index in [0.29, 0.717) is 5.41 Å². The average Bonchev–Trinajstić information content (AvgIpc) is 2.30. The zero-order chi connectivity index (χ0) is 13.1. The van der Waals surface area contributed by atoms with Crippen LogP contribution in [0, 0.1) is 11.3 Å². The largest absolute Gasteiger partial charge is 0.0654 e. The highest BCUT2D eigenvalue weighted by molar-refractivity contribution is 4.70. The van der Waals surface area contributed by atoms with Crippen LogP contribution < -0.4 is 0 Å². The zero-order valence-corrected chi connectivity index (χ0v) is 13.1. The maximum absolute atomic E-state index is 2.45. The molecule has 0 aromatic rings. The van der Waals surface area contributed by atoms with Gasteiger partial charge in [-0.3, -0.25) is 0 Å². The van der Waals surface area contributed by atoms with Gasteiger partial charge in [0, 0.05) is 0 Å². The molecule has 104 valence electrons. The van der Waals surface area contributed by atoms with Crippen LogP contribution in [0.3, 0.4) is 0 Å². The summed E-state index contributed by atoms with van der Waals surface area (Å²) in [5, 5.41) is 0. The van der Waals surface area contributed by atoms with Gasteiger partial charge < -0.3 is 0 Å². The molecule has 0 amide bonds. The molecule has 0 spiro atoms. The van der Waals surface area contributed by atoms with Crippen LogP contribution in [0.15, 0.2) is 0 Å². The van der Waals surface area contributed by atoms with E-state index < -0.39 is 0 Å². The Morgan fingerprint density at radius 1 is 0.765 bits per heavy atom. The SMILES string of the molecule is CCCCCCC(C)CCC(C)(C)CCCC. The fraction of sp³-hybridized carbons (Fsp3) is 1.00. The Morgan fingerprint density at radius 2 is 1.41 bits per heavy atom. The summed E-state index contributed by atoms with van der Waals surface area (Å²) in [5.74, 6) is 0.938. The first-order valence-corrected chi connectivity index (χ1v) is 8.02. The first-order valence-electron chi connectivity index (χ1n) is 8.02. The lowest BCUT2D eigenvalue weighted by atomic mass is 9.80. The molecule has 0 heterocycles. The van der Waals surface area contributed by atoms with E-state index in [1.807, 2.05) is 0 Å². The van der Waals surface area contributed by atoms with Crippen molar-refractivity contribution in [2.24, 2.45) is 11.3 Å². The van der Waals surface area contributed by atoms with Gasteiger partial charge in [0.25, 0.3) is 0 Å². The van der Waals surface area contributed by atoms with Crippen molar-refractivity contribution in [3.8, 4) is 0 Å². The fourth-order valence-corrected chi connectivity index (χ4v) is 2.48. The van der Waals surface area contributed by atoms with Crippen molar-refractivity contribution in [2.45, 2.75) is 98.8 Å². The quantitative estimate of drug-likeness (QED) is 0.357. The van der Waals surface area contributed by atoms with E-state index in [-0.39, 0.29) is 0 Å². The van der Waals surface area contributed by atoms with Crippen molar-refractivity contribution >= 4 is 0 Å². The molecule has 17 heavy (non-hydrogen) atoms. The van der Waals surface area contributed by atoms with E-state index >= 15 is 0 Å². The molecule has 0 aromatic heterocycles. The van der Waals surface area contributed by atoms with Crippen molar-refractivity contribution < 1.29 is 0 Å². The van der Waals surface area contributed by atoms with Gasteiger partial charge in [0.05, 0.1) is 0 Å². The van der Waals surface area contributed by atoms with E-state index in [9.17, 15) is 0 Å². The second kappa shape index (κ2) is 9.97. The van der Waals surface area contributed by atoms with E-state index in [1.54, 1.807) is 0 Å². The molecule has 0 radical (unpaired) electrons. The van der Waals surface area contributed by atoms with Crippen LogP contribution in [0.2, 0.25) is 0 Å². The lowest BCUT2D eigenvalue weighted by molar-refractivity contribution is 0.264. The molecule has 0 fully saturated rings. The van der Waals surface area contributed by atoms with Gasteiger partial charge in [-0.1, -0.05) is 86.0 Å². The molecule has 0 aromatic carbocycles. The predicted molar refractivity (Wildman–Crippen MR) is 80.5 cm³/mol. The third-order valence-electron chi connectivity index (χ3n) is 4.07. The third-order valence-corrected chi connectivity index (χ3v) is 4.07. The second-order valence-corrected chi connectivity index (χ2v) is 6.76. The van der Waals surface area contributed by atoms with Crippen LogP contribution in [0.4, 0.5) is 0 Å². The van der Waals surface area contributed by atoms with E-state index in [0.717, 1.165) is 5.92 Å². The minimum absolute atomic E-state index is 0.577. The lowest BCUT2D eigenvalue weighted by Gasteiger charge is -2.26. The Morgan fingerprint density at radius 3 is 2.00 bits per heavy atom. The Labute approximate surface area is 111 Å². The van der Waals surface area contributed by atoms with Gasteiger partial charge in [0.1, 0.15) is 0 Å². The molecule has 0 rings (SSSR count). The van der Waals surface area contributed by atoms with E-state index in [1.165, 1.54) is 64.2 Å². The molecular formula is C17H36. The van der Waals surface area contributed by atoms with Gasteiger partial charge in [-0.25, -0.2) is 0 Å². The Kier molecular flexibility index (Phi) is 9.97. The van der Waals surface area contributed by atoms with Crippen LogP contribution in [0.5, 0.6) is 0 Å². The first kappa shape index (κ1) is 17.0. The van der Waals surface area contributed by atoms with Crippen molar-refractivity contribution in [1.29, 1.82) is 0 Å². The fourth-order valence-electron chi connectivity index (χ4n) is 2.48. The Hall–Kier alpha value is 0. The normalized spacial score (nSPS) is 13.9. The molecule has 0 bridgehead atoms. The summed E-state index contributed by atoms with van der Waals surface area (Å²) in [6, 6.07) is 0. The Balaban J connectivity index is 3.56. The minimum Gasteiger partial charge on any atom is -0.0654 e. The van der Waals surface area contributed by atoms with Crippen molar-refractivity contribution in [3.05, 3.63) is 0 Å². The summed E-state index contributed by atoms with van der Waals surface area (Å²) < 4.78 is 0. The molecule has 0 N–H and O–H groups in total. The first-order chi connectivity index (χ1) is 8.02. The molecule has 0 heteroatoms. The monoisotopic (exact) mass is 240 g/mol. The van der Waals surface area contributed by atoms with Crippen molar-refractivity contribution in [3.63, 3.8) is 0 Å². The van der Waals surface area contributed by atoms with E-state index in [4.69, 9.17) is 0 Å². The summed E-state index contributed by atoms with van der Waals surface area (Å²) in [7, 11) is 0. The molecule has 0 saturated heterocycles. The molecule has 0 nitrogen and oxygen atoms in total. The highest BCUT2D eigenvalue weighted by Gasteiger charge is 2.17. The molecule has 0 saturated carbocycles. The summed E-state index contributed by atoms with van der Waals surface area (Å²) in [5.41, 5.74) is 0.577. The molecule has 1 atom stereocenters. The summed E-state index contributed by atoms with van der Waals surface area (Å²) in [6.45, 7) is 11.9. The van der Waals surface area contributed by atoms with Gasteiger partial charge in [-0.2, -0.15) is 0 Å². The molecule has 0 aliphatic rings. The second-order valence-electron chi connectivity index (χ2n) is 6.76. The topological polar surface area (TPSA) is 0 Å². The number of hydrogen-bond acceptors (Lipinski definition) is 0. The highest BCUT2D eigenvalue weighted by atomic mass is 14.2. The van der Waals surface area contributed by atoms with Crippen LogP contribution in [0.1, 0.15) is 98.8 Å². The smallest absolute Gasteiger partial charge is 0.0354 e. The molecular weight excluding hydrogens is 204 g/mol. The lowest BCUT2D eigenvalue weighted by Crippen LogP contribution is -2.12. The maximum Gasteiger partial charge on any atom is -0.0354 e. The van der Waals surface area contributed by atoms with Crippen LogP contribution in [-0.4, -0.2) is 0 Å². The predicted octanol–water partition coefficient (Wildman–Crippen LogP) is 6.59. The van der Waals surface area contributed by atoms with Gasteiger partial charge in [-0.15, -0.1) is 0 Å². The van der Waals surface area contributed by atoms with Gasteiger partial charge in [-0.05, 0) is 24.2 Å². The zero-order valence-electron chi connectivity index (χ0n) is 13.1. The van der Waals surface area contributed by atoms with Gasteiger partial charge >= 0.3 is 0 Å². The summed E-state index contributed by atoms with van der Waals surface area (Å²) in [6.07, 6.45) is 14.1.